The fourth-order valence-electron chi connectivity index (χ4n) is 3.47. The molecule has 7 heteroatoms. The molecule has 2 aromatic rings. The summed E-state index contributed by atoms with van der Waals surface area (Å²) in [6.07, 6.45) is 0. The van der Waals surface area contributed by atoms with E-state index in [1.54, 1.807) is 16.4 Å². The topological polar surface area (TPSA) is 53.1 Å². The maximum absolute atomic E-state index is 13.0. The van der Waals surface area contributed by atoms with Gasteiger partial charge in [-0.2, -0.15) is 4.31 Å². The first kappa shape index (κ1) is 17.2. The monoisotopic (exact) mass is 373 g/mol. The lowest BCUT2D eigenvalue weighted by atomic mass is 10.2. The van der Waals surface area contributed by atoms with Crippen molar-refractivity contribution >= 4 is 21.4 Å². The summed E-state index contributed by atoms with van der Waals surface area (Å²) in [7, 11) is -1.53. The average Bonchev–Trinajstić information content (AvgIpc) is 2.69. The average molecular weight is 373 g/mol. The van der Waals surface area contributed by atoms with E-state index < -0.39 is 10.0 Å². The van der Waals surface area contributed by atoms with E-state index in [0.29, 0.717) is 43.4 Å². The Morgan fingerprint density at radius 2 is 1.65 bits per heavy atom. The third-order valence-corrected chi connectivity index (χ3v) is 6.92. The molecule has 138 valence electrons. The van der Waals surface area contributed by atoms with Crippen LogP contribution in [0.15, 0.2) is 53.4 Å². The van der Waals surface area contributed by atoms with Crippen LogP contribution < -0.4 is 14.5 Å². The highest BCUT2D eigenvalue weighted by molar-refractivity contribution is 7.89. The Kier molecular flexibility index (Phi) is 4.50. The molecule has 1 fully saturated rings. The van der Waals surface area contributed by atoms with Crippen molar-refractivity contribution in [2.45, 2.75) is 4.90 Å². The smallest absolute Gasteiger partial charge is 0.243 e. The highest BCUT2D eigenvalue weighted by Crippen LogP contribution is 2.34. The van der Waals surface area contributed by atoms with Crippen LogP contribution >= 0.6 is 0 Å². The summed E-state index contributed by atoms with van der Waals surface area (Å²) in [5.41, 5.74) is 2.07. The second-order valence-electron chi connectivity index (χ2n) is 6.63. The summed E-state index contributed by atoms with van der Waals surface area (Å²) in [6.45, 7) is 3.72. The molecule has 0 radical (unpaired) electrons. The Labute approximate surface area is 154 Å². The quantitative estimate of drug-likeness (QED) is 0.824. The summed E-state index contributed by atoms with van der Waals surface area (Å²) < 4.78 is 33.3. The molecule has 0 N–H and O–H groups in total. The molecule has 0 aliphatic carbocycles. The molecule has 0 unspecified atom stereocenters. The van der Waals surface area contributed by atoms with E-state index in [1.807, 2.05) is 31.3 Å². The molecule has 2 aliphatic heterocycles. The van der Waals surface area contributed by atoms with Gasteiger partial charge in [0.1, 0.15) is 12.4 Å². The van der Waals surface area contributed by atoms with Gasteiger partial charge in [0.15, 0.2) is 0 Å². The maximum Gasteiger partial charge on any atom is 0.243 e. The van der Waals surface area contributed by atoms with Crippen LogP contribution in [0.1, 0.15) is 0 Å². The van der Waals surface area contributed by atoms with Crippen LogP contribution in [0.3, 0.4) is 0 Å². The fraction of sp³-hybridized carbons (Fsp3) is 0.368. The zero-order valence-corrected chi connectivity index (χ0v) is 15.7. The van der Waals surface area contributed by atoms with Gasteiger partial charge in [0.05, 0.1) is 17.1 Å². The molecule has 0 amide bonds. The minimum Gasteiger partial charge on any atom is -0.490 e. The molecule has 0 saturated carbocycles. The number of ether oxygens (including phenoxy) is 1. The molecule has 2 heterocycles. The summed E-state index contributed by atoms with van der Waals surface area (Å²) in [6, 6.07) is 15.3. The van der Waals surface area contributed by atoms with Gasteiger partial charge in [-0.15, -0.1) is 0 Å². The van der Waals surface area contributed by atoms with Crippen molar-refractivity contribution in [2.24, 2.45) is 0 Å². The Balaban J connectivity index is 1.51. The third kappa shape index (κ3) is 3.12. The first-order chi connectivity index (χ1) is 12.6. The first-order valence-electron chi connectivity index (χ1n) is 8.84. The molecule has 1 saturated heterocycles. The van der Waals surface area contributed by atoms with Gasteiger partial charge in [0.2, 0.25) is 10.0 Å². The third-order valence-electron chi connectivity index (χ3n) is 5.02. The molecule has 2 aliphatic rings. The molecule has 26 heavy (non-hydrogen) atoms. The highest BCUT2D eigenvalue weighted by Gasteiger charge is 2.30. The van der Waals surface area contributed by atoms with Crippen molar-refractivity contribution in [3.8, 4) is 5.75 Å². The van der Waals surface area contributed by atoms with Crippen LogP contribution in [0.4, 0.5) is 11.4 Å². The lowest BCUT2D eigenvalue weighted by Gasteiger charge is -2.35. The standard InChI is InChI=1S/C19H23N3O3S/c1-20-13-14-25-19-15-17(7-8-18(19)20)26(23,24)22-11-9-21(10-12-22)16-5-3-2-4-6-16/h2-8,15H,9-14H2,1H3. The number of nitrogens with zero attached hydrogens (tertiary/aromatic N) is 3. The van der Waals surface area contributed by atoms with Gasteiger partial charge in [-0.25, -0.2) is 8.42 Å². The van der Waals surface area contributed by atoms with E-state index in [2.05, 4.69) is 21.9 Å². The van der Waals surface area contributed by atoms with Crippen LogP contribution in [0.5, 0.6) is 5.75 Å². The second kappa shape index (κ2) is 6.81. The van der Waals surface area contributed by atoms with Crippen LogP contribution in [-0.4, -0.2) is 59.1 Å². The predicted molar refractivity (Wildman–Crippen MR) is 103 cm³/mol. The minimum atomic E-state index is -3.51. The van der Waals surface area contributed by atoms with Gasteiger partial charge in [0.25, 0.3) is 0 Å². The number of benzene rings is 2. The van der Waals surface area contributed by atoms with E-state index in [4.69, 9.17) is 4.74 Å². The van der Waals surface area contributed by atoms with E-state index >= 15 is 0 Å². The van der Waals surface area contributed by atoms with Crippen LogP contribution in [-0.2, 0) is 10.0 Å². The number of hydrogen-bond donors (Lipinski definition) is 0. The number of anilines is 2. The molecule has 0 bridgehead atoms. The summed E-state index contributed by atoms with van der Waals surface area (Å²) in [5, 5.41) is 0. The molecule has 0 aromatic heterocycles. The second-order valence-corrected chi connectivity index (χ2v) is 8.56. The number of rotatable bonds is 3. The van der Waals surface area contributed by atoms with Crippen LogP contribution in [0, 0.1) is 0 Å². The largest absolute Gasteiger partial charge is 0.490 e. The fourth-order valence-corrected chi connectivity index (χ4v) is 4.91. The van der Waals surface area contributed by atoms with E-state index in [1.165, 1.54) is 0 Å². The lowest BCUT2D eigenvalue weighted by molar-refractivity contribution is 0.310. The highest BCUT2D eigenvalue weighted by atomic mass is 32.2. The van der Waals surface area contributed by atoms with Gasteiger partial charge < -0.3 is 14.5 Å². The minimum absolute atomic E-state index is 0.305. The van der Waals surface area contributed by atoms with Crippen LogP contribution in [0.25, 0.3) is 0 Å². The number of para-hydroxylation sites is 1. The van der Waals surface area contributed by atoms with E-state index in [-0.39, 0.29) is 0 Å². The number of hydrogen-bond acceptors (Lipinski definition) is 5. The summed E-state index contributed by atoms with van der Waals surface area (Å²) in [5.74, 6) is 0.641. The van der Waals surface area contributed by atoms with Crippen molar-refractivity contribution in [3.05, 3.63) is 48.5 Å². The summed E-state index contributed by atoms with van der Waals surface area (Å²) >= 11 is 0. The number of piperazine rings is 1. The molecule has 0 atom stereocenters. The molecular formula is C19H23N3O3S. The first-order valence-corrected chi connectivity index (χ1v) is 10.3. The Hall–Kier alpha value is -2.25. The van der Waals surface area contributed by atoms with Crippen molar-refractivity contribution in [3.63, 3.8) is 0 Å². The molecule has 0 spiro atoms. The number of likely N-dealkylation sites (N-methyl/N-ethyl adjacent to an activating group) is 1. The SMILES string of the molecule is CN1CCOc2cc(S(=O)(=O)N3CCN(c4ccccc4)CC3)ccc21. The Bertz CT molecular complexity index is 878. The zero-order chi connectivity index (χ0) is 18.1. The van der Waals surface area contributed by atoms with E-state index in [9.17, 15) is 8.42 Å². The number of sulfonamides is 1. The number of fused-ring (bicyclic) bond motifs is 1. The maximum atomic E-state index is 13.0. The van der Waals surface area contributed by atoms with Crippen molar-refractivity contribution < 1.29 is 13.2 Å². The van der Waals surface area contributed by atoms with Gasteiger partial charge in [-0.3, -0.25) is 0 Å². The van der Waals surface area contributed by atoms with Crippen molar-refractivity contribution in [2.75, 3.05) is 56.2 Å². The van der Waals surface area contributed by atoms with Crippen LogP contribution in [0.2, 0.25) is 0 Å². The Morgan fingerprint density at radius 3 is 2.38 bits per heavy atom. The normalized spacial score (nSPS) is 18.3. The van der Waals surface area contributed by atoms with E-state index in [0.717, 1.165) is 17.9 Å². The van der Waals surface area contributed by atoms with Crippen molar-refractivity contribution in [1.29, 1.82) is 0 Å². The van der Waals surface area contributed by atoms with Gasteiger partial charge >= 0.3 is 0 Å². The summed E-state index contributed by atoms with van der Waals surface area (Å²) in [4.78, 5) is 4.60. The Morgan fingerprint density at radius 1 is 0.923 bits per heavy atom. The molecule has 6 nitrogen and oxygen atoms in total. The zero-order valence-electron chi connectivity index (χ0n) is 14.8. The van der Waals surface area contributed by atoms with Gasteiger partial charge in [0, 0.05) is 45.0 Å². The molecule has 4 rings (SSSR count). The molecule has 2 aromatic carbocycles. The van der Waals surface area contributed by atoms with Gasteiger partial charge in [-0.05, 0) is 24.3 Å². The predicted octanol–water partition coefficient (Wildman–Crippen LogP) is 2.03. The lowest BCUT2D eigenvalue weighted by Crippen LogP contribution is -2.48. The molecular weight excluding hydrogens is 350 g/mol. The van der Waals surface area contributed by atoms with Crippen molar-refractivity contribution in [1.82, 2.24) is 4.31 Å². The van der Waals surface area contributed by atoms with Gasteiger partial charge in [-0.1, -0.05) is 18.2 Å².